The molecule has 0 fully saturated rings. The van der Waals surface area contributed by atoms with Gasteiger partial charge in [-0.3, -0.25) is 4.79 Å². The standard InChI is InChI=1S/C18H21ClN2O4S/c1-25-17-5-3-4-16(12-17)20-18(22)13-21(26(2,23)24)11-10-14-6-8-15(19)9-7-14/h3-9,12H,10-11,13H2,1-2H3,(H,20,22). The number of nitrogens with one attached hydrogen (secondary N) is 1. The lowest BCUT2D eigenvalue weighted by Gasteiger charge is -2.19. The van der Waals surface area contributed by atoms with Crippen molar-refractivity contribution >= 4 is 33.2 Å². The second-order valence-corrected chi connectivity index (χ2v) is 8.17. The SMILES string of the molecule is COc1cccc(NC(=O)CN(CCc2ccc(Cl)cc2)S(C)(=O)=O)c1. The highest BCUT2D eigenvalue weighted by molar-refractivity contribution is 7.88. The molecule has 140 valence electrons. The number of amides is 1. The van der Waals surface area contributed by atoms with Crippen molar-refractivity contribution in [1.29, 1.82) is 0 Å². The molecular weight excluding hydrogens is 376 g/mol. The number of ether oxygens (including phenoxy) is 1. The van der Waals surface area contributed by atoms with Gasteiger partial charge in [-0.05, 0) is 36.2 Å². The number of sulfonamides is 1. The third-order valence-corrected chi connectivity index (χ3v) is 5.21. The Bertz CT molecular complexity index is 854. The summed E-state index contributed by atoms with van der Waals surface area (Å²) in [5.74, 6) is 0.185. The van der Waals surface area contributed by atoms with Crippen LogP contribution in [0.2, 0.25) is 5.02 Å². The minimum Gasteiger partial charge on any atom is -0.497 e. The number of hydrogen-bond donors (Lipinski definition) is 1. The Morgan fingerprint density at radius 3 is 2.50 bits per heavy atom. The van der Waals surface area contributed by atoms with Gasteiger partial charge >= 0.3 is 0 Å². The normalized spacial score (nSPS) is 11.4. The number of carbonyl (C=O) groups excluding carboxylic acids is 1. The van der Waals surface area contributed by atoms with Crippen molar-refractivity contribution in [1.82, 2.24) is 4.31 Å². The molecule has 2 rings (SSSR count). The fraction of sp³-hybridized carbons (Fsp3) is 0.278. The first-order valence-electron chi connectivity index (χ1n) is 7.91. The fourth-order valence-electron chi connectivity index (χ4n) is 2.33. The summed E-state index contributed by atoms with van der Waals surface area (Å²) in [6.45, 7) is -0.0599. The Balaban J connectivity index is 2.00. The predicted molar refractivity (Wildman–Crippen MR) is 103 cm³/mol. The van der Waals surface area contributed by atoms with E-state index in [0.717, 1.165) is 16.1 Å². The Morgan fingerprint density at radius 2 is 1.88 bits per heavy atom. The zero-order valence-electron chi connectivity index (χ0n) is 14.6. The van der Waals surface area contributed by atoms with E-state index in [1.165, 1.54) is 7.11 Å². The average Bonchev–Trinajstić information content (AvgIpc) is 2.59. The van der Waals surface area contributed by atoms with Crippen LogP contribution in [-0.2, 0) is 21.2 Å². The van der Waals surface area contributed by atoms with E-state index in [1.54, 1.807) is 36.4 Å². The summed E-state index contributed by atoms with van der Waals surface area (Å²) in [7, 11) is -1.99. The Labute approximate surface area is 158 Å². The van der Waals surface area contributed by atoms with Gasteiger partial charge in [0.25, 0.3) is 0 Å². The van der Waals surface area contributed by atoms with Gasteiger partial charge < -0.3 is 10.1 Å². The molecule has 26 heavy (non-hydrogen) atoms. The highest BCUT2D eigenvalue weighted by Crippen LogP contribution is 2.17. The first-order chi connectivity index (χ1) is 12.3. The molecule has 0 atom stereocenters. The van der Waals surface area contributed by atoms with Gasteiger partial charge in [-0.2, -0.15) is 4.31 Å². The zero-order valence-corrected chi connectivity index (χ0v) is 16.2. The Morgan fingerprint density at radius 1 is 1.19 bits per heavy atom. The molecule has 0 saturated carbocycles. The van der Waals surface area contributed by atoms with E-state index in [-0.39, 0.29) is 13.1 Å². The van der Waals surface area contributed by atoms with E-state index in [1.807, 2.05) is 12.1 Å². The summed E-state index contributed by atoms with van der Waals surface area (Å²) in [5, 5.41) is 3.30. The Hall–Kier alpha value is -2.09. The highest BCUT2D eigenvalue weighted by atomic mass is 35.5. The van der Waals surface area contributed by atoms with Crippen LogP contribution in [0.3, 0.4) is 0 Å². The number of rotatable bonds is 8. The molecule has 0 aromatic heterocycles. The van der Waals surface area contributed by atoms with Gasteiger partial charge in [-0.1, -0.05) is 29.8 Å². The first kappa shape index (κ1) is 20.2. The van der Waals surface area contributed by atoms with E-state index in [4.69, 9.17) is 16.3 Å². The summed E-state index contributed by atoms with van der Waals surface area (Å²) < 4.78 is 30.3. The van der Waals surface area contributed by atoms with E-state index in [9.17, 15) is 13.2 Å². The van der Waals surface area contributed by atoms with Crippen molar-refractivity contribution in [3.63, 3.8) is 0 Å². The summed E-state index contributed by atoms with van der Waals surface area (Å²) in [6, 6.07) is 14.0. The third kappa shape index (κ3) is 6.33. The monoisotopic (exact) mass is 396 g/mol. The van der Waals surface area contributed by atoms with Crippen molar-refractivity contribution in [2.24, 2.45) is 0 Å². The molecule has 0 radical (unpaired) electrons. The maximum absolute atomic E-state index is 12.2. The van der Waals surface area contributed by atoms with Gasteiger partial charge in [0.2, 0.25) is 15.9 Å². The van der Waals surface area contributed by atoms with Crippen LogP contribution < -0.4 is 10.1 Å². The molecule has 2 aromatic rings. The van der Waals surface area contributed by atoms with E-state index in [0.29, 0.717) is 22.9 Å². The van der Waals surface area contributed by atoms with Crippen molar-refractivity contribution in [2.75, 3.05) is 31.8 Å². The molecule has 1 N–H and O–H groups in total. The number of methoxy groups -OCH3 is 1. The van der Waals surface area contributed by atoms with Crippen molar-refractivity contribution in [3.8, 4) is 5.75 Å². The minimum absolute atomic E-state index is 0.200. The van der Waals surface area contributed by atoms with E-state index < -0.39 is 15.9 Å². The molecule has 0 aliphatic carbocycles. The van der Waals surface area contributed by atoms with Crippen LogP contribution in [-0.4, -0.2) is 45.1 Å². The minimum atomic E-state index is -3.52. The number of benzene rings is 2. The van der Waals surface area contributed by atoms with E-state index in [2.05, 4.69) is 5.32 Å². The lowest BCUT2D eigenvalue weighted by atomic mass is 10.1. The lowest BCUT2D eigenvalue weighted by molar-refractivity contribution is -0.116. The largest absolute Gasteiger partial charge is 0.497 e. The number of halogens is 1. The van der Waals surface area contributed by atoms with Gasteiger partial charge in [-0.25, -0.2) is 8.42 Å². The predicted octanol–water partition coefficient (Wildman–Crippen LogP) is 2.79. The van der Waals surface area contributed by atoms with Crippen LogP contribution in [0.4, 0.5) is 5.69 Å². The lowest BCUT2D eigenvalue weighted by Crippen LogP contribution is -2.38. The molecular formula is C18H21ClN2O4S. The van der Waals surface area contributed by atoms with Crippen molar-refractivity contribution < 1.29 is 17.9 Å². The molecule has 0 saturated heterocycles. The van der Waals surface area contributed by atoms with Crippen molar-refractivity contribution in [3.05, 3.63) is 59.1 Å². The van der Waals surface area contributed by atoms with Gasteiger partial charge in [0.1, 0.15) is 5.75 Å². The number of carbonyl (C=O) groups is 1. The molecule has 0 heterocycles. The topological polar surface area (TPSA) is 75.7 Å². The zero-order chi connectivity index (χ0) is 19.2. The smallest absolute Gasteiger partial charge is 0.239 e. The maximum Gasteiger partial charge on any atom is 0.239 e. The highest BCUT2D eigenvalue weighted by Gasteiger charge is 2.20. The molecule has 2 aromatic carbocycles. The Kier molecular flexibility index (Phi) is 7.02. The van der Waals surface area contributed by atoms with E-state index >= 15 is 0 Å². The number of nitrogens with zero attached hydrogens (tertiary/aromatic N) is 1. The molecule has 0 aliphatic rings. The fourth-order valence-corrected chi connectivity index (χ4v) is 3.23. The van der Waals surface area contributed by atoms with Crippen LogP contribution in [0, 0.1) is 0 Å². The molecule has 0 aliphatic heterocycles. The van der Waals surface area contributed by atoms with Gasteiger partial charge in [0.15, 0.2) is 0 Å². The van der Waals surface area contributed by atoms with Crippen LogP contribution in [0.1, 0.15) is 5.56 Å². The molecule has 8 heteroatoms. The molecule has 0 bridgehead atoms. The average molecular weight is 397 g/mol. The molecule has 0 spiro atoms. The third-order valence-electron chi connectivity index (χ3n) is 3.71. The van der Waals surface area contributed by atoms with Crippen LogP contribution in [0.5, 0.6) is 5.75 Å². The van der Waals surface area contributed by atoms with Gasteiger partial charge in [0, 0.05) is 23.3 Å². The van der Waals surface area contributed by atoms with Gasteiger partial charge in [0.05, 0.1) is 19.9 Å². The quantitative estimate of drug-likeness (QED) is 0.744. The second kappa shape index (κ2) is 9.02. The number of anilines is 1. The summed E-state index contributed by atoms with van der Waals surface area (Å²) in [4.78, 5) is 12.2. The summed E-state index contributed by atoms with van der Waals surface area (Å²) in [6.07, 6.45) is 1.57. The van der Waals surface area contributed by atoms with Crippen LogP contribution in [0.15, 0.2) is 48.5 Å². The second-order valence-electron chi connectivity index (χ2n) is 5.75. The maximum atomic E-state index is 12.2. The molecule has 6 nitrogen and oxygen atoms in total. The molecule has 0 unspecified atom stereocenters. The summed E-state index contributed by atoms with van der Waals surface area (Å²) in [5.41, 5.74) is 1.48. The number of hydrogen-bond acceptors (Lipinski definition) is 4. The van der Waals surface area contributed by atoms with Crippen LogP contribution >= 0.6 is 11.6 Å². The van der Waals surface area contributed by atoms with Gasteiger partial charge in [-0.15, -0.1) is 0 Å². The van der Waals surface area contributed by atoms with Crippen molar-refractivity contribution in [2.45, 2.75) is 6.42 Å². The first-order valence-corrected chi connectivity index (χ1v) is 10.1. The summed E-state index contributed by atoms with van der Waals surface area (Å²) >= 11 is 5.85. The molecule has 1 amide bonds. The van der Waals surface area contributed by atoms with Crippen LogP contribution in [0.25, 0.3) is 0 Å².